The number of unbranched alkanes of at least 4 members (excludes halogenated alkanes) is 2. The van der Waals surface area contributed by atoms with Gasteiger partial charge in [0.25, 0.3) is 0 Å². The van der Waals surface area contributed by atoms with Crippen molar-refractivity contribution < 1.29 is 23.9 Å². The molecule has 9 nitrogen and oxygen atoms in total. The zero-order chi connectivity index (χ0) is 26.4. The molecule has 2 atom stereocenters. The van der Waals surface area contributed by atoms with E-state index < -0.39 is 35.6 Å². The van der Waals surface area contributed by atoms with Gasteiger partial charge in [-0.1, -0.05) is 57.0 Å². The Morgan fingerprint density at radius 1 is 1.03 bits per heavy atom. The van der Waals surface area contributed by atoms with Gasteiger partial charge in [0, 0.05) is 19.5 Å². The summed E-state index contributed by atoms with van der Waals surface area (Å²) >= 11 is 0. The number of nitrogens with two attached hydrogens (primary N) is 1. The number of nitrogens with one attached hydrogen (secondary N) is 2. The van der Waals surface area contributed by atoms with Crippen LogP contribution in [0.15, 0.2) is 30.3 Å². The number of benzene rings is 1. The van der Waals surface area contributed by atoms with Gasteiger partial charge in [-0.3, -0.25) is 14.4 Å². The van der Waals surface area contributed by atoms with Crippen molar-refractivity contribution in [3.63, 3.8) is 0 Å². The van der Waals surface area contributed by atoms with Crippen LogP contribution in [-0.4, -0.2) is 53.4 Å². The number of ether oxygens (including phenoxy) is 1. The van der Waals surface area contributed by atoms with Crippen LogP contribution in [0.3, 0.4) is 0 Å². The number of carbonyl (C=O) groups excluding carboxylic acids is 4. The monoisotopic (exact) mass is 490 g/mol. The third-order valence-electron chi connectivity index (χ3n) is 5.21. The lowest BCUT2D eigenvalue weighted by molar-refractivity contribution is -0.142. The number of rotatable bonds is 14. The van der Waals surface area contributed by atoms with Gasteiger partial charge in [0.15, 0.2) is 0 Å². The predicted molar refractivity (Wildman–Crippen MR) is 135 cm³/mol. The Labute approximate surface area is 209 Å². The highest BCUT2D eigenvalue weighted by Crippen LogP contribution is 2.24. The lowest BCUT2D eigenvalue weighted by atomic mass is 10.0. The molecular formula is C26H42N4O5. The molecule has 0 saturated heterocycles. The highest BCUT2D eigenvalue weighted by molar-refractivity contribution is 5.92. The molecule has 1 aromatic carbocycles. The van der Waals surface area contributed by atoms with Gasteiger partial charge in [0.2, 0.25) is 17.7 Å². The van der Waals surface area contributed by atoms with E-state index in [1.807, 2.05) is 32.0 Å². The summed E-state index contributed by atoms with van der Waals surface area (Å²) in [5.41, 5.74) is 5.22. The molecule has 0 saturated carbocycles. The summed E-state index contributed by atoms with van der Waals surface area (Å²) in [6.45, 7) is 9.97. The molecule has 0 bridgehead atoms. The molecule has 0 aliphatic heterocycles. The van der Waals surface area contributed by atoms with E-state index in [9.17, 15) is 19.2 Å². The summed E-state index contributed by atoms with van der Waals surface area (Å²) < 4.78 is 5.33. The van der Waals surface area contributed by atoms with E-state index in [4.69, 9.17) is 10.5 Å². The molecule has 1 aromatic rings. The predicted octanol–water partition coefficient (Wildman–Crippen LogP) is 3.43. The molecule has 0 fully saturated rings. The van der Waals surface area contributed by atoms with Crippen LogP contribution in [0.25, 0.3) is 0 Å². The maximum atomic E-state index is 13.8. The van der Waals surface area contributed by atoms with Crippen LogP contribution in [-0.2, 0) is 19.1 Å². The van der Waals surface area contributed by atoms with Crippen molar-refractivity contribution in [1.82, 2.24) is 15.5 Å². The van der Waals surface area contributed by atoms with Gasteiger partial charge < -0.3 is 26.0 Å². The lowest BCUT2D eigenvalue weighted by Gasteiger charge is -2.34. The molecule has 1 rings (SSSR count). The SMILES string of the molecule is CCCCNC(=O)C(c1ccccc1)N(CCCC)C(=O)C(CCC(N)=O)NC(=O)OC(C)(C)C. The maximum absolute atomic E-state index is 13.8. The smallest absolute Gasteiger partial charge is 0.408 e. The van der Waals surface area contributed by atoms with Crippen LogP contribution in [0, 0.1) is 0 Å². The van der Waals surface area contributed by atoms with E-state index in [1.54, 1.807) is 32.9 Å². The summed E-state index contributed by atoms with van der Waals surface area (Å²) in [4.78, 5) is 52.6. The Kier molecular flexibility index (Phi) is 12.8. The molecule has 196 valence electrons. The number of amides is 4. The van der Waals surface area contributed by atoms with Crippen LogP contribution in [0.5, 0.6) is 0 Å². The zero-order valence-electron chi connectivity index (χ0n) is 21.8. The molecule has 4 amide bonds. The number of hydrogen-bond acceptors (Lipinski definition) is 5. The van der Waals surface area contributed by atoms with Crippen molar-refractivity contribution >= 4 is 23.8 Å². The average molecular weight is 491 g/mol. The number of alkyl carbamates (subject to hydrolysis) is 1. The van der Waals surface area contributed by atoms with Crippen molar-refractivity contribution in [3.05, 3.63) is 35.9 Å². The molecule has 9 heteroatoms. The first-order valence-electron chi connectivity index (χ1n) is 12.4. The van der Waals surface area contributed by atoms with E-state index in [1.165, 1.54) is 4.90 Å². The van der Waals surface area contributed by atoms with Crippen molar-refractivity contribution in [2.75, 3.05) is 13.1 Å². The van der Waals surface area contributed by atoms with Crippen molar-refractivity contribution in [1.29, 1.82) is 0 Å². The minimum Gasteiger partial charge on any atom is -0.444 e. The molecule has 0 aliphatic rings. The number of carbonyl (C=O) groups is 4. The highest BCUT2D eigenvalue weighted by Gasteiger charge is 2.36. The second kappa shape index (κ2) is 15.0. The number of nitrogens with zero attached hydrogens (tertiary/aromatic N) is 1. The van der Waals surface area contributed by atoms with Crippen molar-refractivity contribution in [2.45, 2.75) is 90.8 Å². The Morgan fingerprint density at radius 3 is 2.20 bits per heavy atom. The zero-order valence-corrected chi connectivity index (χ0v) is 21.8. The van der Waals surface area contributed by atoms with Crippen molar-refractivity contribution in [3.8, 4) is 0 Å². The van der Waals surface area contributed by atoms with Gasteiger partial charge >= 0.3 is 6.09 Å². The molecule has 0 aromatic heterocycles. The minimum atomic E-state index is -1.08. The van der Waals surface area contributed by atoms with Gasteiger partial charge in [0.1, 0.15) is 17.7 Å². The summed E-state index contributed by atoms with van der Waals surface area (Å²) in [6.07, 6.45) is 2.31. The maximum Gasteiger partial charge on any atom is 0.408 e. The van der Waals surface area contributed by atoms with Gasteiger partial charge in [-0.25, -0.2) is 4.79 Å². The fraction of sp³-hybridized carbons (Fsp3) is 0.615. The molecule has 4 N–H and O–H groups in total. The molecule has 0 heterocycles. The quantitative estimate of drug-likeness (QED) is 0.344. The van der Waals surface area contributed by atoms with Crippen molar-refractivity contribution in [2.24, 2.45) is 5.73 Å². The molecule has 0 aliphatic carbocycles. The topological polar surface area (TPSA) is 131 Å². The van der Waals surface area contributed by atoms with Crippen LogP contribution < -0.4 is 16.4 Å². The Morgan fingerprint density at radius 2 is 1.66 bits per heavy atom. The summed E-state index contributed by atoms with van der Waals surface area (Å²) in [5.74, 6) is -1.35. The standard InChI is InChI=1S/C26H42N4O5/c1-6-8-17-28-23(32)22(19-13-11-10-12-14-19)30(18-9-7-2)24(33)20(15-16-21(27)31)29-25(34)35-26(3,4)5/h10-14,20,22H,6-9,15-18H2,1-5H3,(H2,27,31)(H,28,32)(H,29,34). The van der Waals surface area contributed by atoms with E-state index in [0.29, 0.717) is 25.1 Å². The fourth-order valence-electron chi connectivity index (χ4n) is 3.48. The Hall–Kier alpha value is -3.10. The second-order valence-electron chi connectivity index (χ2n) is 9.55. The second-order valence-corrected chi connectivity index (χ2v) is 9.55. The van der Waals surface area contributed by atoms with Gasteiger partial charge in [-0.05, 0) is 45.6 Å². The molecule has 0 radical (unpaired) electrons. The lowest BCUT2D eigenvalue weighted by Crippen LogP contribution is -2.53. The number of hydrogen-bond donors (Lipinski definition) is 3. The van der Waals surface area contributed by atoms with E-state index in [-0.39, 0.29) is 18.7 Å². The Bertz CT molecular complexity index is 823. The van der Waals surface area contributed by atoms with Crippen LogP contribution in [0.1, 0.15) is 84.7 Å². The Balaban J connectivity index is 3.35. The molecular weight excluding hydrogens is 448 g/mol. The van der Waals surface area contributed by atoms with E-state index >= 15 is 0 Å². The molecule has 0 spiro atoms. The van der Waals surface area contributed by atoms with Gasteiger partial charge in [-0.2, -0.15) is 0 Å². The molecule has 2 unspecified atom stereocenters. The normalized spacial score (nSPS) is 12.8. The van der Waals surface area contributed by atoms with Gasteiger partial charge in [-0.15, -0.1) is 0 Å². The first kappa shape index (κ1) is 29.9. The minimum absolute atomic E-state index is 0.00496. The van der Waals surface area contributed by atoms with E-state index in [0.717, 1.165) is 19.3 Å². The van der Waals surface area contributed by atoms with Gasteiger partial charge in [0.05, 0.1) is 0 Å². The first-order chi connectivity index (χ1) is 16.5. The largest absolute Gasteiger partial charge is 0.444 e. The van der Waals surface area contributed by atoms with Crippen LogP contribution >= 0.6 is 0 Å². The number of primary amides is 1. The molecule has 35 heavy (non-hydrogen) atoms. The highest BCUT2D eigenvalue weighted by atomic mass is 16.6. The summed E-state index contributed by atoms with van der Waals surface area (Å²) in [5, 5.41) is 5.53. The average Bonchev–Trinajstić information content (AvgIpc) is 2.78. The van der Waals surface area contributed by atoms with Crippen LogP contribution in [0.4, 0.5) is 4.79 Å². The van der Waals surface area contributed by atoms with E-state index in [2.05, 4.69) is 10.6 Å². The first-order valence-corrected chi connectivity index (χ1v) is 12.4. The summed E-state index contributed by atoms with van der Waals surface area (Å²) in [7, 11) is 0. The third-order valence-corrected chi connectivity index (χ3v) is 5.21. The van der Waals surface area contributed by atoms with Crippen LogP contribution in [0.2, 0.25) is 0 Å². The fourth-order valence-corrected chi connectivity index (χ4v) is 3.48. The summed E-state index contributed by atoms with van der Waals surface area (Å²) in [6, 6.07) is 7.10. The third kappa shape index (κ3) is 11.2.